The van der Waals surface area contributed by atoms with Gasteiger partial charge >= 0.3 is 5.56 Å². The van der Waals surface area contributed by atoms with Crippen molar-refractivity contribution in [2.45, 2.75) is 0 Å². The molecule has 0 radical (unpaired) electrons. The molecule has 94 valence electrons. The van der Waals surface area contributed by atoms with Crippen LogP contribution in [0.2, 0.25) is 0 Å². The van der Waals surface area contributed by atoms with Crippen LogP contribution in [0.25, 0.3) is 10.9 Å². The number of nitrogens with zero attached hydrogens (tertiary/aromatic N) is 2. The molecule has 0 bridgehead atoms. The topological polar surface area (TPSA) is 37.3 Å². The average Bonchev–Trinajstić information content (AvgIpc) is 2.41. The molecular weight excluding hydrogens is 233 g/mol. The third-order valence-electron chi connectivity index (χ3n) is 3.22. The lowest BCUT2D eigenvalue weighted by Gasteiger charge is -2.31. The quantitative estimate of drug-likeness (QED) is 0.805. The van der Waals surface area contributed by atoms with E-state index in [1.807, 2.05) is 29.3 Å². The van der Waals surface area contributed by atoms with Gasteiger partial charge in [-0.05, 0) is 12.1 Å². The first-order chi connectivity index (χ1) is 8.77. The number of para-hydroxylation sites is 1. The number of nitrogens with one attached hydrogen (secondary N) is 1. The van der Waals surface area contributed by atoms with Crippen LogP contribution in [0.5, 0.6) is 0 Å². The van der Waals surface area contributed by atoms with E-state index in [0.29, 0.717) is 13.1 Å². The van der Waals surface area contributed by atoms with Gasteiger partial charge in [0, 0.05) is 31.6 Å². The van der Waals surface area contributed by atoms with Gasteiger partial charge < -0.3 is 10.3 Å². The standard InChI is InChI=1S/C13H14FN3O/c14-11-9-10-3-1-2-4-12(10)17(13(11)18)16-7-5-15-6-8-16/h1-4,9,15H,5-8H2. The number of hydrogen-bond acceptors (Lipinski definition) is 3. The Morgan fingerprint density at radius 2 is 1.89 bits per heavy atom. The van der Waals surface area contributed by atoms with E-state index in [9.17, 15) is 9.18 Å². The molecule has 0 unspecified atom stereocenters. The van der Waals surface area contributed by atoms with Gasteiger partial charge in [0.05, 0.1) is 5.52 Å². The Morgan fingerprint density at radius 1 is 1.17 bits per heavy atom. The van der Waals surface area contributed by atoms with Crippen molar-refractivity contribution in [1.29, 1.82) is 0 Å². The van der Waals surface area contributed by atoms with Gasteiger partial charge in [0.2, 0.25) is 0 Å². The minimum absolute atomic E-state index is 0.574. The number of pyridine rings is 1. The minimum Gasteiger partial charge on any atom is -0.313 e. The molecular formula is C13H14FN3O. The van der Waals surface area contributed by atoms with E-state index in [1.54, 1.807) is 0 Å². The molecule has 0 atom stereocenters. The number of piperazine rings is 1. The Morgan fingerprint density at radius 3 is 2.67 bits per heavy atom. The lowest BCUT2D eigenvalue weighted by Crippen LogP contribution is -2.53. The Bertz CT molecular complexity index is 632. The largest absolute Gasteiger partial charge is 0.313 e. The summed E-state index contributed by atoms with van der Waals surface area (Å²) in [5, 5.41) is 5.85. The first kappa shape index (κ1) is 11.2. The molecule has 0 amide bonds. The van der Waals surface area contributed by atoms with Crippen LogP contribution < -0.4 is 15.9 Å². The first-order valence-corrected chi connectivity index (χ1v) is 6.03. The fourth-order valence-electron chi connectivity index (χ4n) is 2.35. The van der Waals surface area contributed by atoms with Gasteiger partial charge in [0.25, 0.3) is 0 Å². The van der Waals surface area contributed by atoms with Gasteiger partial charge in [0.15, 0.2) is 5.82 Å². The highest BCUT2D eigenvalue weighted by molar-refractivity contribution is 5.79. The fraction of sp³-hybridized carbons (Fsp3) is 0.308. The summed E-state index contributed by atoms with van der Waals surface area (Å²) < 4.78 is 15.2. The molecule has 0 aliphatic carbocycles. The van der Waals surface area contributed by atoms with Crippen molar-refractivity contribution >= 4 is 10.9 Å². The highest BCUT2D eigenvalue weighted by atomic mass is 19.1. The molecule has 1 aromatic carbocycles. The maximum Gasteiger partial charge on any atom is 0.305 e. The Labute approximate surface area is 104 Å². The zero-order valence-corrected chi connectivity index (χ0v) is 9.90. The lowest BCUT2D eigenvalue weighted by molar-refractivity contribution is 0.478. The van der Waals surface area contributed by atoms with E-state index in [-0.39, 0.29) is 0 Å². The minimum atomic E-state index is -0.702. The summed E-state index contributed by atoms with van der Waals surface area (Å²) >= 11 is 0. The molecule has 1 fully saturated rings. The molecule has 0 saturated carbocycles. The highest BCUT2D eigenvalue weighted by Crippen LogP contribution is 2.13. The van der Waals surface area contributed by atoms with Crippen LogP contribution in [-0.2, 0) is 0 Å². The fourth-order valence-corrected chi connectivity index (χ4v) is 2.35. The molecule has 4 nitrogen and oxygen atoms in total. The van der Waals surface area contributed by atoms with Crippen molar-refractivity contribution < 1.29 is 4.39 Å². The number of halogens is 1. The smallest absolute Gasteiger partial charge is 0.305 e. The number of fused-ring (bicyclic) bond motifs is 1. The molecule has 1 N–H and O–H groups in total. The van der Waals surface area contributed by atoms with E-state index < -0.39 is 11.4 Å². The normalized spacial score (nSPS) is 16.2. The molecule has 3 rings (SSSR count). The van der Waals surface area contributed by atoms with Gasteiger partial charge in [-0.2, -0.15) is 0 Å². The maximum atomic E-state index is 13.7. The molecule has 18 heavy (non-hydrogen) atoms. The van der Waals surface area contributed by atoms with Gasteiger partial charge in [0.1, 0.15) is 0 Å². The second-order valence-electron chi connectivity index (χ2n) is 4.37. The molecule has 1 aliphatic rings. The Kier molecular flexibility index (Phi) is 2.76. The van der Waals surface area contributed by atoms with Gasteiger partial charge in [-0.15, -0.1) is 0 Å². The van der Waals surface area contributed by atoms with Crippen LogP contribution in [0.3, 0.4) is 0 Å². The highest BCUT2D eigenvalue weighted by Gasteiger charge is 2.16. The zero-order chi connectivity index (χ0) is 12.5. The third kappa shape index (κ3) is 1.76. The van der Waals surface area contributed by atoms with E-state index in [1.165, 1.54) is 10.7 Å². The van der Waals surface area contributed by atoms with Crippen molar-refractivity contribution in [2.75, 3.05) is 31.2 Å². The molecule has 1 aromatic heterocycles. The number of benzene rings is 1. The predicted octanol–water partition coefficient (Wildman–Crippen LogP) is 0.682. The van der Waals surface area contributed by atoms with E-state index in [2.05, 4.69) is 5.32 Å². The maximum absolute atomic E-state index is 13.7. The molecule has 5 heteroatoms. The summed E-state index contributed by atoms with van der Waals surface area (Å²) in [6, 6.07) is 8.66. The summed E-state index contributed by atoms with van der Waals surface area (Å²) in [6.45, 7) is 3.01. The van der Waals surface area contributed by atoms with Crippen LogP contribution >= 0.6 is 0 Å². The first-order valence-electron chi connectivity index (χ1n) is 6.03. The van der Waals surface area contributed by atoms with Crippen LogP contribution in [0, 0.1) is 5.82 Å². The van der Waals surface area contributed by atoms with Crippen LogP contribution in [0.1, 0.15) is 0 Å². The summed E-state index contributed by atoms with van der Waals surface area (Å²) in [5.74, 6) is -0.702. The second kappa shape index (κ2) is 4.42. The SMILES string of the molecule is O=c1c(F)cc2ccccc2n1N1CCNCC1. The van der Waals surface area contributed by atoms with Crippen molar-refractivity contribution in [3.8, 4) is 0 Å². The van der Waals surface area contributed by atoms with E-state index >= 15 is 0 Å². The molecule has 2 heterocycles. The third-order valence-corrected chi connectivity index (χ3v) is 3.22. The summed E-state index contributed by atoms with van der Waals surface area (Å²) in [6.07, 6.45) is 0. The molecule has 0 spiro atoms. The lowest BCUT2D eigenvalue weighted by atomic mass is 10.2. The summed E-state index contributed by atoms with van der Waals surface area (Å²) in [7, 11) is 0. The zero-order valence-electron chi connectivity index (χ0n) is 9.90. The van der Waals surface area contributed by atoms with Crippen LogP contribution in [-0.4, -0.2) is 30.9 Å². The van der Waals surface area contributed by atoms with Crippen molar-refractivity contribution in [1.82, 2.24) is 9.99 Å². The van der Waals surface area contributed by atoms with Crippen molar-refractivity contribution in [2.24, 2.45) is 0 Å². The predicted molar refractivity (Wildman–Crippen MR) is 69.0 cm³/mol. The van der Waals surface area contributed by atoms with Gasteiger partial charge in [-0.25, -0.2) is 9.07 Å². The Balaban J connectivity index is 2.24. The molecule has 1 saturated heterocycles. The van der Waals surface area contributed by atoms with E-state index in [4.69, 9.17) is 0 Å². The summed E-state index contributed by atoms with van der Waals surface area (Å²) in [5.41, 5.74) is 0.182. The van der Waals surface area contributed by atoms with Gasteiger partial charge in [-0.3, -0.25) is 4.79 Å². The van der Waals surface area contributed by atoms with Crippen molar-refractivity contribution in [3.63, 3.8) is 0 Å². The molecule has 1 aliphatic heterocycles. The average molecular weight is 247 g/mol. The number of aromatic nitrogens is 1. The van der Waals surface area contributed by atoms with Crippen LogP contribution in [0.15, 0.2) is 35.1 Å². The number of hydrogen-bond donors (Lipinski definition) is 1. The van der Waals surface area contributed by atoms with Crippen molar-refractivity contribution in [3.05, 3.63) is 46.5 Å². The summed E-state index contributed by atoms with van der Waals surface area (Å²) in [4.78, 5) is 12.0. The molecule has 2 aromatic rings. The Hall–Kier alpha value is -1.88. The second-order valence-corrected chi connectivity index (χ2v) is 4.37. The van der Waals surface area contributed by atoms with E-state index in [0.717, 1.165) is 24.0 Å². The van der Waals surface area contributed by atoms with Crippen LogP contribution in [0.4, 0.5) is 4.39 Å². The monoisotopic (exact) mass is 247 g/mol. The van der Waals surface area contributed by atoms with Gasteiger partial charge in [-0.1, -0.05) is 18.2 Å². The number of rotatable bonds is 1.